The van der Waals surface area contributed by atoms with Crippen LogP contribution in [-0.2, 0) is 11.3 Å². The number of esters is 1. The summed E-state index contributed by atoms with van der Waals surface area (Å²) in [5.74, 6) is 1.17. The summed E-state index contributed by atoms with van der Waals surface area (Å²) in [4.78, 5) is 19.1. The lowest BCUT2D eigenvalue weighted by atomic mass is 10.1. The van der Waals surface area contributed by atoms with Gasteiger partial charge in [0.05, 0.1) is 29.7 Å². The standard InChI is InChI=1S/C21H26N4O3/c1-3-27-20(26)15-12-17(28-14-15)13-25-19-7-5-4-6-18(19)23-21(25)22-16-8-10-24(2)11-9-16/h4-7,12,14,16H,3,8-11,13H2,1-2H3,(H,22,23). The SMILES string of the molecule is CCOC(=O)c1coc(Cn2c(NC3CCN(C)CC3)nc3ccccc32)c1. The number of carbonyl (C=O) groups excluding carboxylic acids is 1. The summed E-state index contributed by atoms with van der Waals surface area (Å²) in [6, 6.07) is 10.2. The van der Waals surface area contributed by atoms with Crippen LogP contribution < -0.4 is 5.32 Å². The molecule has 0 atom stereocenters. The van der Waals surface area contributed by atoms with Crippen molar-refractivity contribution in [2.45, 2.75) is 32.4 Å². The number of imidazole rings is 1. The summed E-state index contributed by atoms with van der Waals surface area (Å²) < 4.78 is 12.8. The smallest absolute Gasteiger partial charge is 0.341 e. The predicted molar refractivity (Wildman–Crippen MR) is 108 cm³/mol. The van der Waals surface area contributed by atoms with Crippen LogP contribution in [0.25, 0.3) is 11.0 Å². The van der Waals surface area contributed by atoms with Gasteiger partial charge in [0.15, 0.2) is 0 Å². The third-order valence-corrected chi connectivity index (χ3v) is 5.19. The normalized spacial score (nSPS) is 15.8. The topological polar surface area (TPSA) is 72.5 Å². The van der Waals surface area contributed by atoms with E-state index < -0.39 is 0 Å². The molecule has 1 aliphatic heterocycles. The van der Waals surface area contributed by atoms with Gasteiger partial charge in [-0.1, -0.05) is 12.1 Å². The number of hydrogen-bond acceptors (Lipinski definition) is 6. The molecule has 0 spiro atoms. The van der Waals surface area contributed by atoms with Crippen LogP contribution in [-0.4, -0.2) is 53.2 Å². The maximum Gasteiger partial charge on any atom is 0.341 e. The van der Waals surface area contributed by atoms with E-state index in [2.05, 4.69) is 27.9 Å². The second kappa shape index (κ2) is 8.06. The van der Waals surface area contributed by atoms with E-state index in [0.29, 0.717) is 30.5 Å². The van der Waals surface area contributed by atoms with Crippen molar-refractivity contribution in [2.24, 2.45) is 0 Å². The van der Waals surface area contributed by atoms with Crippen molar-refractivity contribution in [2.75, 3.05) is 32.1 Å². The fourth-order valence-corrected chi connectivity index (χ4v) is 3.62. The number of carbonyl (C=O) groups is 1. The largest absolute Gasteiger partial charge is 0.467 e. The van der Waals surface area contributed by atoms with Crippen LogP contribution in [0.3, 0.4) is 0 Å². The molecular weight excluding hydrogens is 356 g/mol. The molecule has 3 heterocycles. The fourth-order valence-electron chi connectivity index (χ4n) is 3.62. The summed E-state index contributed by atoms with van der Waals surface area (Å²) in [6.07, 6.45) is 3.64. The van der Waals surface area contributed by atoms with E-state index in [4.69, 9.17) is 14.1 Å². The van der Waals surface area contributed by atoms with Crippen molar-refractivity contribution in [3.05, 3.63) is 47.9 Å². The van der Waals surface area contributed by atoms with Crippen LogP contribution in [0, 0.1) is 0 Å². The van der Waals surface area contributed by atoms with Crippen LogP contribution >= 0.6 is 0 Å². The summed E-state index contributed by atoms with van der Waals surface area (Å²) in [5, 5.41) is 3.62. The summed E-state index contributed by atoms with van der Waals surface area (Å²) in [6.45, 7) is 4.79. The molecule has 1 saturated heterocycles. The van der Waals surface area contributed by atoms with Crippen molar-refractivity contribution < 1.29 is 13.9 Å². The first-order chi connectivity index (χ1) is 13.6. The maximum atomic E-state index is 11.9. The van der Waals surface area contributed by atoms with Crippen molar-refractivity contribution in [1.82, 2.24) is 14.5 Å². The Hall–Kier alpha value is -2.80. The van der Waals surface area contributed by atoms with Gasteiger partial charge in [0.2, 0.25) is 5.95 Å². The molecule has 0 bridgehead atoms. The van der Waals surface area contributed by atoms with E-state index in [-0.39, 0.29) is 5.97 Å². The minimum absolute atomic E-state index is 0.343. The number of nitrogens with zero attached hydrogens (tertiary/aromatic N) is 3. The van der Waals surface area contributed by atoms with E-state index in [1.54, 1.807) is 13.0 Å². The van der Waals surface area contributed by atoms with Gasteiger partial charge < -0.3 is 23.9 Å². The van der Waals surface area contributed by atoms with Crippen LogP contribution in [0.15, 0.2) is 41.0 Å². The van der Waals surface area contributed by atoms with Gasteiger partial charge in [0.1, 0.15) is 12.0 Å². The van der Waals surface area contributed by atoms with Gasteiger partial charge in [-0.05, 0) is 58.1 Å². The summed E-state index contributed by atoms with van der Waals surface area (Å²) >= 11 is 0. The van der Waals surface area contributed by atoms with Gasteiger partial charge in [-0.3, -0.25) is 0 Å². The molecule has 1 aromatic carbocycles. The Labute approximate surface area is 164 Å². The first-order valence-corrected chi connectivity index (χ1v) is 9.79. The maximum absolute atomic E-state index is 11.9. The Morgan fingerprint density at radius 3 is 2.89 bits per heavy atom. The highest BCUT2D eigenvalue weighted by Gasteiger charge is 2.20. The third kappa shape index (κ3) is 3.89. The van der Waals surface area contributed by atoms with Crippen LogP contribution in [0.1, 0.15) is 35.9 Å². The molecule has 2 aromatic heterocycles. The van der Waals surface area contributed by atoms with Gasteiger partial charge in [-0.2, -0.15) is 0 Å². The molecule has 7 nitrogen and oxygen atoms in total. The van der Waals surface area contributed by atoms with Gasteiger partial charge in [-0.15, -0.1) is 0 Å². The first kappa shape index (κ1) is 18.6. The number of ether oxygens (including phenoxy) is 1. The number of nitrogens with one attached hydrogen (secondary N) is 1. The van der Waals surface area contributed by atoms with Gasteiger partial charge in [-0.25, -0.2) is 9.78 Å². The summed E-state index contributed by atoms with van der Waals surface area (Å²) in [5.41, 5.74) is 2.41. The molecule has 1 aliphatic rings. The number of fused-ring (bicyclic) bond motifs is 1. The van der Waals surface area contributed by atoms with E-state index >= 15 is 0 Å². The molecule has 1 N–H and O–H groups in total. The van der Waals surface area contributed by atoms with Gasteiger partial charge in [0, 0.05) is 6.04 Å². The zero-order valence-electron chi connectivity index (χ0n) is 16.4. The number of likely N-dealkylation sites (tertiary alicyclic amines) is 1. The van der Waals surface area contributed by atoms with Gasteiger partial charge in [0.25, 0.3) is 0 Å². The van der Waals surface area contributed by atoms with Crippen molar-refractivity contribution in [1.29, 1.82) is 0 Å². The third-order valence-electron chi connectivity index (χ3n) is 5.19. The van der Waals surface area contributed by atoms with E-state index in [0.717, 1.165) is 42.9 Å². The zero-order chi connectivity index (χ0) is 19.5. The quantitative estimate of drug-likeness (QED) is 0.659. The molecule has 0 aliphatic carbocycles. The van der Waals surface area contributed by atoms with Crippen molar-refractivity contribution in [3.63, 3.8) is 0 Å². The van der Waals surface area contributed by atoms with Gasteiger partial charge >= 0.3 is 5.97 Å². The number of piperidine rings is 1. The molecule has 148 valence electrons. The van der Waals surface area contributed by atoms with Crippen LogP contribution in [0.4, 0.5) is 5.95 Å². The predicted octanol–water partition coefficient (Wildman–Crippen LogP) is 3.36. The molecule has 0 unspecified atom stereocenters. The van der Waals surface area contributed by atoms with Crippen molar-refractivity contribution >= 4 is 23.0 Å². The van der Waals surface area contributed by atoms with Crippen LogP contribution in [0.5, 0.6) is 0 Å². The lowest BCUT2D eigenvalue weighted by Gasteiger charge is -2.29. The molecule has 0 amide bonds. The van der Waals surface area contributed by atoms with Crippen molar-refractivity contribution in [3.8, 4) is 0 Å². The lowest BCUT2D eigenvalue weighted by Crippen LogP contribution is -2.37. The molecule has 1 fully saturated rings. The highest BCUT2D eigenvalue weighted by molar-refractivity contribution is 5.89. The molecule has 3 aromatic rings. The number of rotatable bonds is 6. The Balaban J connectivity index is 1.59. The van der Waals surface area contributed by atoms with E-state index in [1.165, 1.54) is 6.26 Å². The molecule has 7 heteroatoms. The Morgan fingerprint density at radius 1 is 1.32 bits per heavy atom. The number of para-hydroxylation sites is 2. The second-order valence-electron chi connectivity index (χ2n) is 7.25. The number of furan rings is 1. The number of hydrogen-bond donors (Lipinski definition) is 1. The van der Waals surface area contributed by atoms with Crippen LogP contribution in [0.2, 0.25) is 0 Å². The summed E-state index contributed by atoms with van der Waals surface area (Å²) in [7, 11) is 2.16. The molecule has 28 heavy (non-hydrogen) atoms. The minimum Gasteiger partial charge on any atom is -0.467 e. The molecule has 0 saturated carbocycles. The Morgan fingerprint density at radius 2 is 2.11 bits per heavy atom. The highest BCUT2D eigenvalue weighted by atomic mass is 16.5. The average molecular weight is 382 g/mol. The minimum atomic E-state index is -0.363. The first-order valence-electron chi connectivity index (χ1n) is 9.79. The Bertz CT molecular complexity index is 954. The highest BCUT2D eigenvalue weighted by Crippen LogP contribution is 2.24. The second-order valence-corrected chi connectivity index (χ2v) is 7.25. The number of benzene rings is 1. The Kier molecular flexibility index (Phi) is 5.34. The van der Waals surface area contributed by atoms with E-state index in [9.17, 15) is 4.79 Å². The van der Waals surface area contributed by atoms with E-state index in [1.807, 2.05) is 18.2 Å². The lowest BCUT2D eigenvalue weighted by molar-refractivity contribution is 0.0525. The number of aromatic nitrogens is 2. The molecule has 0 radical (unpaired) electrons. The molecule has 4 rings (SSSR count). The average Bonchev–Trinajstić information content (AvgIpc) is 3.30. The monoisotopic (exact) mass is 382 g/mol. The fraction of sp³-hybridized carbons (Fsp3) is 0.429. The zero-order valence-corrected chi connectivity index (χ0v) is 16.4. The number of anilines is 1. The molecular formula is C21H26N4O3.